The number of hydrogen-bond donors (Lipinski definition) is 2. The molecule has 1 aromatic heterocycles. The van der Waals surface area contributed by atoms with Gasteiger partial charge in [0.2, 0.25) is 11.9 Å². The molecule has 0 aliphatic carbocycles. The third-order valence-electron chi connectivity index (χ3n) is 4.09. The van der Waals surface area contributed by atoms with Gasteiger partial charge in [0.25, 0.3) is 5.56 Å². The van der Waals surface area contributed by atoms with Crippen molar-refractivity contribution in [1.29, 1.82) is 0 Å². The molecule has 0 aliphatic rings. The second-order valence-electron chi connectivity index (χ2n) is 5.93. The van der Waals surface area contributed by atoms with Crippen LogP contribution in [0.15, 0.2) is 53.3 Å². The molecule has 140 valence electrons. The number of hydrogen-bond acceptors (Lipinski definition) is 5. The van der Waals surface area contributed by atoms with Gasteiger partial charge < -0.3 is 4.74 Å². The Bertz CT molecular complexity index is 996. The van der Waals surface area contributed by atoms with Gasteiger partial charge in [-0.15, -0.1) is 0 Å². The van der Waals surface area contributed by atoms with Gasteiger partial charge >= 0.3 is 0 Å². The second kappa shape index (κ2) is 8.35. The summed E-state index contributed by atoms with van der Waals surface area (Å²) in [7, 11) is 0. The van der Waals surface area contributed by atoms with Gasteiger partial charge in [0.15, 0.2) is 0 Å². The average Bonchev–Trinajstić information content (AvgIpc) is 2.68. The predicted molar refractivity (Wildman–Crippen MR) is 105 cm³/mol. The third kappa shape index (κ3) is 4.25. The average molecular weight is 366 g/mol. The molecule has 2 N–H and O–H groups in total. The second-order valence-corrected chi connectivity index (χ2v) is 5.93. The number of carbonyl (C=O) groups is 1. The number of benzene rings is 2. The van der Waals surface area contributed by atoms with E-state index < -0.39 is 0 Å². The van der Waals surface area contributed by atoms with Crippen LogP contribution in [0, 0.1) is 0 Å². The van der Waals surface area contributed by atoms with Gasteiger partial charge in [-0.25, -0.2) is 4.98 Å². The summed E-state index contributed by atoms with van der Waals surface area (Å²) in [6.45, 7) is 4.81. The van der Waals surface area contributed by atoms with Crippen LogP contribution in [0.5, 0.6) is 5.75 Å². The van der Waals surface area contributed by atoms with Crippen LogP contribution in [0.3, 0.4) is 0 Å². The minimum absolute atomic E-state index is 0.147. The van der Waals surface area contributed by atoms with Crippen molar-refractivity contribution >= 4 is 22.8 Å². The number of hydrazine groups is 1. The highest BCUT2D eigenvalue weighted by Crippen LogP contribution is 2.13. The summed E-state index contributed by atoms with van der Waals surface area (Å²) in [6, 6.07) is 14.5. The summed E-state index contributed by atoms with van der Waals surface area (Å²) in [6.07, 6.45) is 0.198. The molecule has 1 amide bonds. The lowest BCUT2D eigenvalue weighted by Crippen LogP contribution is -2.35. The monoisotopic (exact) mass is 366 g/mol. The molecule has 0 spiro atoms. The Morgan fingerprint density at radius 2 is 1.85 bits per heavy atom. The minimum atomic E-state index is -0.232. The Balaban J connectivity index is 1.70. The zero-order chi connectivity index (χ0) is 19.2. The number of ether oxygens (including phenoxy) is 1. The maximum absolute atomic E-state index is 12.6. The van der Waals surface area contributed by atoms with Crippen molar-refractivity contribution in [3.8, 4) is 5.75 Å². The standard InChI is InChI=1S/C20H22N4O3/c1-3-24-19(26)16-7-5-6-8-17(16)21-20(24)23-22-18(25)13-14-9-11-15(12-10-14)27-4-2/h5-12H,3-4,13H2,1-2H3,(H,21,23)(H,22,25). The maximum Gasteiger partial charge on any atom is 0.262 e. The van der Waals surface area contributed by atoms with Crippen LogP contribution in [0.2, 0.25) is 0 Å². The van der Waals surface area contributed by atoms with Crippen molar-refractivity contribution in [3.05, 3.63) is 64.4 Å². The first-order valence-electron chi connectivity index (χ1n) is 8.88. The van der Waals surface area contributed by atoms with Crippen LogP contribution in [-0.4, -0.2) is 22.1 Å². The Hall–Kier alpha value is -3.35. The summed E-state index contributed by atoms with van der Waals surface area (Å²) in [4.78, 5) is 29.2. The summed E-state index contributed by atoms with van der Waals surface area (Å²) in [5.41, 5.74) is 6.68. The summed E-state index contributed by atoms with van der Waals surface area (Å²) in [5, 5.41) is 0.547. The molecule has 7 heteroatoms. The number of rotatable bonds is 7. The predicted octanol–water partition coefficient (Wildman–Crippen LogP) is 2.50. The topological polar surface area (TPSA) is 85.2 Å². The number of carbonyl (C=O) groups excluding carboxylic acids is 1. The largest absolute Gasteiger partial charge is 0.494 e. The highest BCUT2D eigenvalue weighted by Gasteiger charge is 2.10. The zero-order valence-corrected chi connectivity index (χ0v) is 15.4. The molecule has 27 heavy (non-hydrogen) atoms. The van der Waals surface area contributed by atoms with E-state index in [9.17, 15) is 9.59 Å². The number of para-hydroxylation sites is 1. The fourth-order valence-corrected chi connectivity index (χ4v) is 2.78. The van der Waals surface area contributed by atoms with E-state index in [0.717, 1.165) is 11.3 Å². The van der Waals surface area contributed by atoms with Gasteiger partial charge in [0, 0.05) is 6.54 Å². The van der Waals surface area contributed by atoms with Gasteiger partial charge in [-0.3, -0.25) is 25.0 Å². The Kier molecular flexibility index (Phi) is 5.71. The number of amides is 1. The zero-order valence-electron chi connectivity index (χ0n) is 15.4. The highest BCUT2D eigenvalue weighted by atomic mass is 16.5. The number of fused-ring (bicyclic) bond motifs is 1. The van der Waals surface area contributed by atoms with E-state index in [1.807, 2.05) is 44.2 Å². The molecule has 3 aromatic rings. The van der Waals surface area contributed by atoms with E-state index in [-0.39, 0.29) is 17.9 Å². The van der Waals surface area contributed by atoms with E-state index in [1.54, 1.807) is 18.2 Å². The van der Waals surface area contributed by atoms with E-state index >= 15 is 0 Å². The number of aromatic nitrogens is 2. The molecule has 0 saturated carbocycles. The molecule has 0 radical (unpaired) electrons. The molecule has 1 heterocycles. The van der Waals surface area contributed by atoms with Crippen LogP contribution in [-0.2, 0) is 17.8 Å². The van der Waals surface area contributed by atoms with Crippen molar-refractivity contribution in [1.82, 2.24) is 15.0 Å². The molecule has 0 unspecified atom stereocenters. The maximum atomic E-state index is 12.6. The first-order chi connectivity index (χ1) is 13.1. The van der Waals surface area contributed by atoms with Crippen LogP contribution >= 0.6 is 0 Å². The van der Waals surface area contributed by atoms with Gasteiger partial charge in [-0.05, 0) is 43.7 Å². The molecule has 0 fully saturated rings. The molecule has 0 aliphatic heterocycles. The molecular formula is C20H22N4O3. The normalized spacial score (nSPS) is 10.6. The minimum Gasteiger partial charge on any atom is -0.494 e. The smallest absolute Gasteiger partial charge is 0.262 e. The fourth-order valence-electron chi connectivity index (χ4n) is 2.78. The molecule has 0 atom stereocenters. The molecule has 0 saturated heterocycles. The summed E-state index contributed by atoms with van der Waals surface area (Å²) in [5.74, 6) is 0.845. The number of nitrogens with one attached hydrogen (secondary N) is 2. The van der Waals surface area contributed by atoms with E-state index in [2.05, 4.69) is 15.8 Å². The Morgan fingerprint density at radius 3 is 2.56 bits per heavy atom. The molecule has 0 bridgehead atoms. The van der Waals surface area contributed by atoms with Crippen LogP contribution < -0.4 is 21.1 Å². The first-order valence-corrected chi connectivity index (χ1v) is 8.88. The van der Waals surface area contributed by atoms with Crippen molar-refractivity contribution in [2.75, 3.05) is 12.0 Å². The number of nitrogens with zero attached hydrogens (tertiary/aromatic N) is 2. The number of anilines is 1. The van der Waals surface area contributed by atoms with Crippen molar-refractivity contribution in [2.45, 2.75) is 26.8 Å². The lowest BCUT2D eigenvalue weighted by atomic mass is 10.1. The van der Waals surface area contributed by atoms with E-state index in [1.165, 1.54) is 4.57 Å². The summed E-state index contributed by atoms with van der Waals surface area (Å²) >= 11 is 0. The van der Waals surface area contributed by atoms with Gasteiger partial charge in [0.05, 0.1) is 23.9 Å². The Labute approximate surface area is 157 Å². The summed E-state index contributed by atoms with van der Waals surface area (Å²) < 4.78 is 6.88. The highest BCUT2D eigenvalue weighted by molar-refractivity contribution is 5.81. The Morgan fingerprint density at radius 1 is 1.11 bits per heavy atom. The van der Waals surface area contributed by atoms with E-state index in [0.29, 0.717) is 30.0 Å². The molecule has 2 aromatic carbocycles. The molecular weight excluding hydrogens is 344 g/mol. The third-order valence-corrected chi connectivity index (χ3v) is 4.09. The lowest BCUT2D eigenvalue weighted by molar-refractivity contribution is -0.119. The SMILES string of the molecule is CCOc1ccc(CC(=O)NNc2nc3ccccc3c(=O)n2CC)cc1. The fraction of sp³-hybridized carbons (Fsp3) is 0.250. The molecule has 7 nitrogen and oxygen atoms in total. The van der Waals surface area contributed by atoms with Gasteiger partial charge in [-0.2, -0.15) is 0 Å². The van der Waals surface area contributed by atoms with E-state index in [4.69, 9.17) is 4.74 Å². The lowest BCUT2D eigenvalue weighted by Gasteiger charge is -2.14. The first kappa shape index (κ1) is 18.4. The molecule has 3 rings (SSSR count). The van der Waals surface area contributed by atoms with Crippen LogP contribution in [0.25, 0.3) is 10.9 Å². The van der Waals surface area contributed by atoms with Gasteiger partial charge in [0.1, 0.15) is 5.75 Å². The van der Waals surface area contributed by atoms with Crippen molar-refractivity contribution in [3.63, 3.8) is 0 Å². The van der Waals surface area contributed by atoms with Crippen molar-refractivity contribution in [2.24, 2.45) is 0 Å². The van der Waals surface area contributed by atoms with Crippen molar-refractivity contribution < 1.29 is 9.53 Å². The van der Waals surface area contributed by atoms with Crippen LogP contribution in [0.4, 0.5) is 5.95 Å². The van der Waals surface area contributed by atoms with Crippen LogP contribution in [0.1, 0.15) is 19.4 Å². The quantitative estimate of drug-likeness (QED) is 0.628. The van der Waals surface area contributed by atoms with Gasteiger partial charge in [-0.1, -0.05) is 24.3 Å².